The summed E-state index contributed by atoms with van der Waals surface area (Å²) < 4.78 is 5.52. The van der Waals surface area contributed by atoms with Gasteiger partial charge in [0.05, 0.1) is 0 Å². The molecule has 11 heavy (non-hydrogen) atoms. The fourth-order valence-corrected chi connectivity index (χ4v) is 1.54. The lowest BCUT2D eigenvalue weighted by atomic mass is 10.3. The number of para-hydroxylation sites is 1. The molecule has 2 N–H and O–H groups in total. The van der Waals surface area contributed by atoms with E-state index in [2.05, 4.69) is 0 Å². The lowest BCUT2D eigenvalue weighted by Crippen LogP contribution is -2.45. The number of rotatable bonds is 2. The van der Waals surface area contributed by atoms with E-state index in [0.29, 0.717) is 0 Å². The number of benzene rings is 1. The summed E-state index contributed by atoms with van der Waals surface area (Å²) >= 11 is 0. The van der Waals surface area contributed by atoms with Crippen LogP contribution >= 0.6 is 0 Å². The monoisotopic (exact) mass is 167 g/mol. The van der Waals surface area contributed by atoms with Crippen LogP contribution in [0.5, 0.6) is 5.75 Å². The topological polar surface area (TPSA) is 35.2 Å². The molecule has 0 heterocycles. The maximum atomic E-state index is 5.78. The maximum Gasteiger partial charge on any atom is 0.319 e. The highest BCUT2D eigenvalue weighted by atomic mass is 28.4. The summed E-state index contributed by atoms with van der Waals surface area (Å²) in [5.74, 6) is 0.867. The van der Waals surface area contributed by atoms with Crippen LogP contribution in [0.15, 0.2) is 30.3 Å². The molecule has 0 saturated carbocycles. The van der Waals surface area contributed by atoms with Crippen LogP contribution in [0.1, 0.15) is 0 Å². The summed E-state index contributed by atoms with van der Waals surface area (Å²) in [6, 6.07) is 9.67. The molecule has 0 aromatic heterocycles. The van der Waals surface area contributed by atoms with Crippen molar-refractivity contribution in [3.8, 4) is 5.75 Å². The van der Waals surface area contributed by atoms with Crippen molar-refractivity contribution in [3.05, 3.63) is 30.3 Å². The molecule has 0 saturated heterocycles. The minimum atomic E-state index is -1.90. The van der Waals surface area contributed by atoms with Gasteiger partial charge in [-0.05, 0) is 25.2 Å². The van der Waals surface area contributed by atoms with Gasteiger partial charge < -0.3 is 9.83 Å². The zero-order valence-electron chi connectivity index (χ0n) is 6.87. The van der Waals surface area contributed by atoms with Crippen LogP contribution in [0.4, 0.5) is 0 Å². The van der Waals surface area contributed by atoms with Crippen molar-refractivity contribution in [2.45, 2.75) is 13.1 Å². The molecule has 0 aliphatic rings. The second-order valence-corrected chi connectivity index (χ2v) is 6.43. The van der Waals surface area contributed by atoms with E-state index in [4.69, 9.17) is 9.83 Å². The third-order valence-corrected chi connectivity index (χ3v) is 1.89. The molecular formula is C8H13NOSi. The highest BCUT2D eigenvalue weighted by molar-refractivity contribution is 6.68. The minimum Gasteiger partial charge on any atom is -0.530 e. The molecule has 0 spiro atoms. The Morgan fingerprint density at radius 1 is 1.18 bits per heavy atom. The highest BCUT2D eigenvalue weighted by Crippen LogP contribution is 2.11. The number of hydrogen-bond acceptors (Lipinski definition) is 2. The molecule has 1 rings (SSSR count). The molecule has 0 amide bonds. The van der Waals surface area contributed by atoms with Crippen LogP contribution in [0.25, 0.3) is 0 Å². The van der Waals surface area contributed by atoms with E-state index in [1.807, 2.05) is 43.4 Å². The molecule has 1 aromatic carbocycles. The van der Waals surface area contributed by atoms with Crippen LogP contribution in [0.3, 0.4) is 0 Å². The third kappa shape index (κ3) is 3.20. The molecule has 2 nitrogen and oxygen atoms in total. The first kappa shape index (κ1) is 8.29. The molecule has 0 atom stereocenters. The van der Waals surface area contributed by atoms with Gasteiger partial charge in [0.25, 0.3) is 0 Å². The van der Waals surface area contributed by atoms with Crippen LogP contribution in [0, 0.1) is 0 Å². The lowest BCUT2D eigenvalue weighted by Gasteiger charge is -2.17. The van der Waals surface area contributed by atoms with E-state index in [0.717, 1.165) is 5.75 Å². The van der Waals surface area contributed by atoms with E-state index >= 15 is 0 Å². The second-order valence-electron chi connectivity index (χ2n) is 3.02. The van der Waals surface area contributed by atoms with Gasteiger partial charge in [0.1, 0.15) is 5.75 Å². The maximum absolute atomic E-state index is 5.78. The zero-order valence-corrected chi connectivity index (χ0v) is 7.87. The first-order valence-corrected chi connectivity index (χ1v) is 6.59. The smallest absolute Gasteiger partial charge is 0.319 e. The quantitative estimate of drug-likeness (QED) is 0.681. The Kier molecular flexibility index (Phi) is 2.31. The van der Waals surface area contributed by atoms with Gasteiger partial charge in [-0.25, -0.2) is 0 Å². The van der Waals surface area contributed by atoms with Crippen molar-refractivity contribution in [3.63, 3.8) is 0 Å². The van der Waals surface area contributed by atoms with Gasteiger partial charge in [-0.3, -0.25) is 0 Å². The molecule has 0 aliphatic heterocycles. The van der Waals surface area contributed by atoms with Crippen LogP contribution in [0.2, 0.25) is 13.1 Å². The summed E-state index contributed by atoms with van der Waals surface area (Å²) in [6.45, 7) is 3.92. The minimum absolute atomic E-state index is 0.867. The standard InChI is InChI=1S/C8H13NOSi/c1-11(2,9)10-8-6-4-3-5-7-8/h3-7H,9H2,1-2H3. The number of hydrogen-bond donors (Lipinski definition) is 1. The molecule has 0 bridgehead atoms. The van der Waals surface area contributed by atoms with Gasteiger partial charge in [0.15, 0.2) is 0 Å². The van der Waals surface area contributed by atoms with E-state index in [1.54, 1.807) is 0 Å². The summed E-state index contributed by atoms with van der Waals surface area (Å²) in [5.41, 5.74) is 0. The Labute approximate surface area is 68.2 Å². The third-order valence-electron chi connectivity index (χ3n) is 1.12. The lowest BCUT2D eigenvalue weighted by molar-refractivity contribution is 0.551. The van der Waals surface area contributed by atoms with Crippen molar-refractivity contribution in [1.82, 2.24) is 0 Å². The summed E-state index contributed by atoms with van der Waals surface area (Å²) in [6.07, 6.45) is 0. The SMILES string of the molecule is C[Si](C)(N)Oc1ccccc1. The van der Waals surface area contributed by atoms with Crippen molar-refractivity contribution < 1.29 is 4.43 Å². The Morgan fingerprint density at radius 3 is 2.18 bits per heavy atom. The summed E-state index contributed by atoms with van der Waals surface area (Å²) in [4.78, 5) is 0. The molecule has 0 fully saturated rings. The van der Waals surface area contributed by atoms with E-state index in [1.165, 1.54) is 0 Å². The molecule has 0 unspecified atom stereocenters. The van der Waals surface area contributed by atoms with Gasteiger partial charge in [-0.1, -0.05) is 18.2 Å². The Morgan fingerprint density at radius 2 is 1.73 bits per heavy atom. The van der Waals surface area contributed by atoms with Gasteiger partial charge in [-0.15, -0.1) is 0 Å². The Hall–Kier alpha value is -0.803. The van der Waals surface area contributed by atoms with Crippen LogP contribution in [-0.4, -0.2) is 8.48 Å². The Bertz CT molecular complexity index is 217. The van der Waals surface area contributed by atoms with Gasteiger partial charge in [0.2, 0.25) is 0 Å². The number of nitrogens with two attached hydrogens (primary N) is 1. The van der Waals surface area contributed by atoms with Gasteiger partial charge in [-0.2, -0.15) is 0 Å². The molecule has 3 heteroatoms. The van der Waals surface area contributed by atoms with Crippen molar-refractivity contribution in [1.29, 1.82) is 0 Å². The average Bonchev–Trinajstić information content (AvgIpc) is 1.85. The fraction of sp³-hybridized carbons (Fsp3) is 0.250. The first-order valence-electron chi connectivity index (χ1n) is 3.61. The molecule has 0 radical (unpaired) electrons. The molecule has 60 valence electrons. The Balaban J connectivity index is 2.66. The highest BCUT2D eigenvalue weighted by Gasteiger charge is 2.16. The van der Waals surface area contributed by atoms with Crippen LogP contribution < -0.4 is 9.83 Å². The van der Waals surface area contributed by atoms with Crippen LogP contribution in [-0.2, 0) is 0 Å². The predicted molar refractivity (Wildman–Crippen MR) is 48.7 cm³/mol. The normalized spacial score (nSPS) is 11.2. The molecular weight excluding hydrogens is 154 g/mol. The second kappa shape index (κ2) is 3.07. The van der Waals surface area contributed by atoms with E-state index < -0.39 is 8.48 Å². The van der Waals surface area contributed by atoms with Crippen molar-refractivity contribution >= 4 is 8.48 Å². The average molecular weight is 167 g/mol. The molecule has 1 aromatic rings. The molecule has 0 aliphatic carbocycles. The predicted octanol–water partition coefficient (Wildman–Crippen LogP) is 1.73. The van der Waals surface area contributed by atoms with Crippen molar-refractivity contribution in [2.24, 2.45) is 5.40 Å². The van der Waals surface area contributed by atoms with E-state index in [-0.39, 0.29) is 0 Å². The van der Waals surface area contributed by atoms with E-state index in [9.17, 15) is 0 Å². The summed E-state index contributed by atoms with van der Waals surface area (Å²) in [5, 5.41) is 5.78. The fourth-order valence-electron chi connectivity index (χ4n) is 0.792. The van der Waals surface area contributed by atoms with Gasteiger partial charge in [0, 0.05) is 0 Å². The summed E-state index contributed by atoms with van der Waals surface area (Å²) in [7, 11) is -1.90. The largest absolute Gasteiger partial charge is 0.530 e. The zero-order chi connectivity index (χ0) is 8.32. The van der Waals surface area contributed by atoms with Crippen molar-refractivity contribution in [2.75, 3.05) is 0 Å². The first-order chi connectivity index (χ1) is 5.08. The van der Waals surface area contributed by atoms with Gasteiger partial charge >= 0.3 is 8.48 Å².